The Morgan fingerprint density at radius 1 is 1.29 bits per heavy atom. The third-order valence-electron chi connectivity index (χ3n) is 4.74. The summed E-state index contributed by atoms with van der Waals surface area (Å²) in [4.78, 5) is 12.3. The minimum atomic E-state index is -3.71. The summed E-state index contributed by atoms with van der Waals surface area (Å²) in [5, 5.41) is 12.5. The maximum Gasteiger partial charge on any atom is 0.258 e. The van der Waals surface area contributed by atoms with Crippen molar-refractivity contribution in [3.05, 3.63) is 35.2 Å². The SMILES string of the molecule is CC(C)(C)c1cc(S(=O)(=O)C=CC#N)ccc1OCC(=O)NC1CCCCC1. The van der Waals surface area contributed by atoms with Crippen molar-refractivity contribution < 1.29 is 17.9 Å². The standard InChI is InChI=1S/C21H28N2O4S/c1-21(2,3)18-14-17(28(25,26)13-7-12-22)10-11-19(18)27-15-20(24)23-16-8-5-4-6-9-16/h7,10-11,13-14,16H,4-6,8-9,15H2,1-3H3,(H,23,24). The molecule has 28 heavy (non-hydrogen) atoms. The van der Waals surface area contributed by atoms with Crippen LogP contribution < -0.4 is 10.1 Å². The lowest BCUT2D eigenvalue weighted by molar-refractivity contribution is -0.124. The first kappa shape index (κ1) is 22.0. The van der Waals surface area contributed by atoms with Crippen LogP contribution in [0.4, 0.5) is 0 Å². The number of nitrogens with one attached hydrogen (secondary N) is 1. The van der Waals surface area contributed by atoms with Crippen LogP contribution in [0.5, 0.6) is 5.75 Å². The Bertz CT molecular complexity index is 871. The van der Waals surface area contributed by atoms with Gasteiger partial charge in [-0.15, -0.1) is 0 Å². The molecule has 0 heterocycles. The van der Waals surface area contributed by atoms with Crippen LogP contribution in [-0.2, 0) is 20.0 Å². The van der Waals surface area contributed by atoms with Gasteiger partial charge in [-0.1, -0.05) is 40.0 Å². The van der Waals surface area contributed by atoms with Crippen molar-refractivity contribution in [2.75, 3.05) is 6.61 Å². The Hall–Kier alpha value is -2.33. The van der Waals surface area contributed by atoms with Crippen molar-refractivity contribution in [3.8, 4) is 11.8 Å². The van der Waals surface area contributed by atoms with Gasteiger partial charge < -0.3 is 10.1 Å². The van der Waals surface area contributed by atoms with Crippen LogP contribution in [0.3, 0.4) is 0 Å². The predicted molar refractivity (Wildman–Crippen MR) is 108 cm³/mol. The smallest absolute Gasteiger partial charge is 0.258 e. The molecule has 0 aliphatic heterocycles. The number of nitriles is 1. The normalized spacial score (nSPS) is 15.9. The van der Waals surface area contributed by atoms with Crippen LogP contribution in [0.25, 0.3) is 0 Å². The van der Waals surface area contributed by atoms with Crippen molar-refractivity contribution in [1.29, 1.82) is 5.26 Å². The van der Waals surface area contributed by atoms with Gasteiger partial charge >= 0.3 is 0 Å². The molecule has 152 valence electrons. The number of sulfone groups is 1. The Balaban J connectivity index is 2.16. The van der Waals surface area contributed by atoms with E-state index in [9.17, 15) is 13.2 Å². The van der Waals surface area contributed by atoms with Crippen molar-refractivity contribution in [2.45, 2.75) is 69.2 Å². The van der Waals surface area contributed by atoms with E-state index in [1.54, 1.807) is 18.2 Å². The molecule has 6 nitrogen and oxygen atoms in total. The van der Waals surface area contributed by atoms with E-state index >= 15 is 0 Å². The molecule has 1 aliphatic carbocycles. The molecule has 0 spiro atoms. The summed E-state index contributed by atoms with van der Waals surface area (Å²) in [7, 11) is -3.71. The van der Waals surface area contributed by atoms with Crippen LogP contribution in [0, 0.1) is 11.3 Å². The monoisotopic (exact) mass is 404 g/mol. The number of allylic oxidation sites excluding steroid dienone is 1. The van der Waals surface area contributed by atoms with E-state index in [-0.39, 0.29) is 28.9 Å². The van der Waals surface area contributed by atoms with Crippen LogP contribution in [-0.4, -0.2) is 27.0 Å². The Labute approximate surface area is 167 Å². The largest absolute Gasteiger partial charge is 0.483 e. The van der Waals surface area contributed by atoms with Gasteiger partial charge in [-0.2, -0.15) is 5.26 Å². The van der Waals surface area contributed by atoms with E-state index in [4.69, 9.17) is 10.00 Å². The topological polar surface area (TPSA) is 96.3 Å². The summed E-state index contributed by atoms with van der Waals surface area (Å²) in [6.45, 7) is 5.72. The molecule has 1 aromatic carbocycles. The van der Waals surface area contributed by atoms with E-state index < -0.39 is 9.84 Å². The van der Waals surface area contributed by atoms with Gasteiger partial charge in [0, 0.05) is 23.1 Å². The van der Waals surface area contributed by atoms with Gasteiger partial charge in [0.15, 0.2) is 6.61 Å². The number of benzene rings is 1. The van der Waals surface area contributed by atoms with Crippen LogP contribution in [0.15, 0.2) is 34.6 Å². The molecule has 7 heteroatoms. The molecule has 1 saturated carbocycles. The van der Waals surface area contributed by atoms with Gasteiger partial charge in [0.2, 0.25) is 9.84 Å². The van der Waals surface area contributed by atoms with Gasteiger partial charge in [-0.05, 0) is 36.5 Å². The molecule has 0 saturated heterocycles. The van der Waals surface area contributed by atoms with Gasteiger partial charge in [0.25, 0.3) is 5.91 Å². The Morgan fingerprint density at radius 3 is 2.57 bits per heavy atom. The summed E-state index contributed by atoms with van der Waals surface area (Å²) in [5.74, 6) is 0.315. The second-order valence-electron chi connectivity index (χ2n) is 8.08. The molecule has 1 amide bonds. The van der Waals surface area contributed by atoms with E-state index in [1.165, 1.54) is 12.5 Å². The molecule has 0 aromatic heterocycles. The summed E-state index contributed by atoms with van der Waals surface area (Å²) < 4.78 is 30.4. The van der Waals surface area contributed by atoms with E-state index in [0.29, 0.717) is 11.3 Å². The minimum absolute atomic E-state index is 0.0860. The Kier molecular flexibility index (Phi) is 7.25. The fraction of sp³-hybridized carbons (Fsp3) is 0.524. The lowest BCUT2D eigenvalue weighted by Gasteiger charge is -2.25. The first-order chi connectivity index (χ1) is 13.1. The average Bonchev–Trinajstić information content (AvgIpc) is 2.64. The summed E-state index contributed by atoms with van der Waals surface area (Å²) in [5.41, 5.74) is 0.295. The highest BCUT2D eigenvalue weighted by Crippen LogP contribution is 2.33. The lowest BCUT2D eigenvalue weighted by Crippen LogP contribution is -2.39. The molecule has 0 bridgehead atoms. The van der Waals surface area contributed by atoms with Gasteiger partial charge in [-0.25, -0.2) is 8.42 Å². The highest BCUT2D eigenvalue weighted by molar-refractivity contribution is 7.94. The average molecular weight is 405 g/mol. The van der Waals surface area contributed by atoms with Crippen LogP contribution in [0.2, 0.25) is 0 Å². The maximum absolute atomic E-state index is 12.3. The third-order valence-corrected chi connectivity index (χ3v) is 6.14. The molecule has 0 unspecified atom stereocenters. The first-order valence-electron chi connectivity index (χ1n) is 9.51. The van der Waals surface area contributed by atoms with Gasteiger partial charge in [0.1, 0.15) is 5.75 Å². The zero-order valence-corrected chi connectivity index (χ0v) is 17.5. The number of rotatable bonds is 6. The predicted octanol–water partition coefficient (Wildman–Crippen LogP) is 3.62. The van der Waals surface area contributed by atoms with Crippen molar-refractivity contribution >= 4 is 15.7 Å². The van der Waals surface area contributed by atoms with E-state index in [2.05, 4.69) is 5.32 Å². The molecule has 1 N–H and O–H groups in total. The van der Waals surface area contributed by atoms with Gasteiger partial charge in [-0.3, -0.25) is 4.79 Å². The molecular weight excluding hydrogens is 376 g/mol. The van der Waals surface area contributed by atoms with Crippen molar-refractivity contribution in [1.82, 2.24) is 5.32 Å². The zero-order valence-electron chi connectivity index (χ0n) is 16.7. The molecule has 1 aromatic rings. The fourth-order valence-electron chi connectivity index (χ4n) is 3.26. The number of hydrogen-bond acceptors (Lipinski definition) is 5. The highest BCUT2D eigenvalue weighted by Gasteiger charge is 2.23. The van der Waals surface area contributed by atoms with E-state index in [1.807, 2.05) is 20.8 Å². The molecular formula is C21H28N2O4S. The van der Waals surface area contributed by atoms with Crippen molar-refractivity contribution in [2.24, 2.45) is 0 Å². The third kappa shape index (κ3) is 6.10. The number of hydrogen-bond donors (Lipinski definition) is 1. The van der Waals surface area contributed by atoms with Crippen molar-refractivity contribution in [3.63, 3.8) is 0 Å². The second kappa shape index (κ2) is 9.24. The first-order valence-corrected chi connectivity index (χ1v) is 11.1. The van der Waals surface area contributed by atoms with Gasteiger partial charge in [0.05, 0.1) is 11.0 Å². The number of nitrogens with zero attached hydrogens (tertiary/aromatic N) is 1. The molecule has 0 radical (unpaired) electrons. The summed E-state index contributed by atoms with van der Waals surface area (Å²) in [6.07, 6.45) is 6.43. The van der Waals surface area contributed by atoms with Crippen LogP contribution >= 0.6 is 0 Å². The number of carbonyl (C=O) groups excluding carboxylic acids is 1. The molecule has 1 fully saturated rings. The maximum atomic E-state index is 12.3. The van der Waals surface area contributed by atoms with E-state index in [0.717, 1.165) is 37.2 Å². The van der Waals surface area contributed by atoms with Crippen LogP contribution in [0.1, 0.15) is 58.4 Å². The Morgan fingerprint density at radius 2 is 1.96 bits per heavy atom. The number of ether oxygens (including phenoxy) is 1. The molecule has 2 rings (SSSR count). The molecule has 0 atom stereocenters. The highest BCUT2D eigenvalue weighted by atomic mass is 32.2. The number of carbonyl (C=O) groups is 1. The molecule has 1 aliphatic rings. The second-order valence-corrected chi connectivity index (χ2v) is 9.91. The quantitative estimate of drug-likeness (QED) is 0.731. The minimum Gasteiger partial charge on any atom is -0.483 e. The summed E-state index contributed by atoms with van der Waals surface area (Å²) >= 11 is 0. The lowest BCUT2D eigenvalue weighted by atomic mass is 9.86. The number of amides is 1. The fourth-order valence-corrected chi connectivity index (χ4v) is 4.19. The zero-order chi connectivity index (χ0) is 20.8. The summed E-state index contributed by atoms with van der Waals surface area (Å²) in [6, 6.07) is 6.45.